The highest BCUT2D eigenvalue weighted by Gasteiger charge is 2.31. The molecular weight excluding hydrogens is 408 g/mol. The van der Waals surface area contributed by atoms with Crippen molar-refractivity contribution in [2.45, 2.75) is 49.8 Å². The number of aliphatic hydroxyl groups excluding tert-OH is 1. The third-order valence-corrected chi connectivity index (χ3v) is 7.65. The summed E-state index contributed by atoms with van der Waals surface area (Å²) < 4.78 is 12.9. The Morgan fingerprint density at radius 1 is 1.00 bits per heavy atom. The quantitative estimate of drug-likeness (QED) is 0.431. The van der Waals surface area contributed by atoms with E-state index in [-0.39, 0.29) is 0 Å². The fourth-order valence-electron chi connectivity index (χ4n) is 4.63. The molecule has 168 valence electrons. The van der Waals surface area contributed by atoms with Crippen LogP contribution in [-0.4, -0.2) is 48.2 Å². The summed E-state index contributed by atoms with van der Waals surface area (Å²) in [5.41, 5.74) is 2.33. The van der Waals surface area contributed by atoms with Crippen molar-refractivity contribution in [1.82, 2.24) is 9.21 Å². The normalized spacial score (nSPS) is 20.0. The second-order valence-corrected chi connectivity index (χ2v) is 9.64. The first-order valence-electron chi connectivity index (χ1n) is 11.3. The van der Waals surface area contributed by atoms with Crippen LogP contribution in [-0.2, 0) is 6.54 Å². The van der Waals surface area contributed by atoms with Gasteiger partial charge in [0.1, 0.15) is 6.23 Å². The van der Waals surface area contributed by atoms with Crippen LogP contribution in [0.25, 0.3) is 0 Å². The van der Waals surface area contributed by atoms with Crippen LogP contribution in [0.4, 0.5) is 0 Å². The first kappa shape index (κ1) is 22.5. The van der Waals surface area contributed by atoms with Crippen LogP contribution in [0.15, 0.2) is 47.4 Å². The van der Waals surface area contributed by atoms with Crippen molar-refractivity contribution in [1.29, 1.82) is 0 Å². The van der Waals surface area contributed by atoms with Gasteiger partial charge in [0.2, 0.25) is 0 Å². The number of aliphatic hydroxyl groups is 1. The van der Waals surface area contributed by atoms with E-state index in [1.807, 2.05) is 12.1 Å². The summed E-state index contributed by atoms with van der Waals surface area (Å²) in [6, 6.07) is 14.6. The third-order valence-electron chi connectivity index (χ3n) is 6.48. The summed E-state index contributed by atoms with van der Waals surface area (Å²) in [7, 11) is 3.27. The fraction of sp³-hybridized carbons (Fsp3) is 0.520. The molecule has 0 bridgehead atoms. The summed E-state index contributed by atoms with van der Waals surface area (Å²) >= 11 is 1.62. The highest BCUT2D eigenvalue weighted by molar-refractivity contribution is 7.97. The molecule has 2 aromatic carbocycles. The van der Waals surface area contributed by atoms with Crippen molar-refractivity contribution in [3.8, 4) is 11.5 Å². The molecular formula is C25H34N2O3S. The van der Waals surface area contributed by atoms with Gasteiger partial charge >= 0.3 is 0 Å². The molecule has 0 spiro atoms. The molecule has 2 heterocycles. The number of methoxy groups -OCH3 is 2. The van der Waals surface area contributed by atoms with Gasteiger partial charge in [-0.25, -0.2) is 4.31 Å². The van der Waals surface area contributed by atoms with Gasteiger partial charge in [0, 0.05) is 23.5 Å². The minimum Gasteiger partial charge on any atom is -0.493 e. The lowest BCUT2D eigenvalue weighted by Gasteiger charge is -2.32. The number of likely N-dealkylation sites (tertiary alicyclic amines) is 1. The lowest BCUT2D eigenvalue weighted by atomic mass is 9.91. The molecule has 0 amide bonds. The molecule has 1 atom stereocenters. The maximum Gasteiger partial charge on any atom is 0.161 e. The molecule has 0 aliphatic carbocycles. The molecule has 1 saturated heterocycles. The van der Waals surface area contributed by atoms with Crippen molar-refractivity contribution >= 4 is 11.9 Å². The van der Waals surface area contributed by atoms with Crippen LogP contribution in [0, 0.1) is 5.92 Å². The van der Waals surface area contributed by atoms with Crippen molar-refractivity contribution in [3.63, 3.8) is 0 Å². The number of piperidine rings is 1. The van der Waals surface area contributed by atoms with E-state index in [0.29, 0.717) is 11.5 Å². The Morgan fingerprint density at radius 2 is 1.71 bits per heavy atom. The van der Waals surface area contributed by atoms with Crippen molar-refractivity contribution in [2.75, 3.05) is 33.9 Å². The Labute approximate surface area is 190 Å². The fourth-order valence-corrected chi connectivity index (χ4v) is 5.75. The van der Waals surface area contributed by atoms with Crippen molar-refractivity contribution in [3.05, 3.63) is 53.6 Å². The molecule has 0 radical (unpaired) electrons. The number of benzene rings is 2. The number of hydrogen-bond donors (Lipinski definition) is 1. The second kappa shape index (κ2) is 10.7. The maximum absolute atomic E-state index is 10.7. The zero-order valence-electron chi connectivity index (χ0n) is 18.6. The molecule has 2 aromatic rings. The van der Waals surface area contributed by atoms with Crippen LogP contribution < -0.4 is 9.47 Å². The topological polar surface area (TPSA) is 45.2 Å². The molecule has 5 nitrogen and oxygen atoms in total. The van der Waals surface area contributed by atoms with Crippen molar-refractivity contribution < 1.29 is 14.6 Å². The average molecular weight is 443 g/mol. The van der Waals surface area contributed by atoms with E-state index in [4.69, 9.17) is 9.47 Å². The zero-order valence-corrected chi connectivity index (χ0v) is 19.4. The Morgan fingerprint density at radius 3 is 2.42 bits per heavy atom. The van der Waals surface area contributed by atoms with E-state index in [9.17, 15) is 5.11 Å². The standard InChI is InChI=1S/C25H34N2O3S/c1-29-22-16-21-24(17-23(22)30-2)31-27(25(21)28)13-7-6-8-19-11-14-26(15-12-19)18-20-9-4-3-5-10-20/h3-5,9-10,16-17,19,25,28H,6-8,11-15,18H2,1-2H3. The molecule has 6 heteroatoms. The lowest BCUT2D eigenvalue weighted by Crippen LogP contribution is -2.33. The van der Waals surface area contributed by atoms with Gasteiger partial charge in [0.25, 0.3) is 0 Å². The van der Waals surface area contributed by atoms with Crippen LogP contribution in [0.2, 0.25) is 0 Å². The first-order chi connectivity index (χ1) is 15.2. The molecule has 2 aliphatic rings. The summed E-state index contributed by atoms with van der Waals surface area (Å²) in [6.45, 7) is 4.38. The van der Waals surface area contributed by atoms with Crippen LogP contribution >= 0.6 is 11.9 Å². The molecule has 2 aliphatic heterocycles. The van der Waals surface area contributed by atoms with E-state index in [1.165, 1.54) is 44.3 Å². The van der Waals surface area contributed by atoms with Gasteiger partial charge in [-0.05, 0) is 67.9 Å². The minimum absolute atomic E-state index is 0.582. The monoisotopic (exact) mass is 442 g/mol. The van der Waals surface area contributed by atoms with E-state index < -0.39 is 6.23 Å². The predicted octanol–water partition coefficient (Wildman–Crippen LogP) is 5.10. The SMILES string of the molecule is COc1cc2c(cc1OC)C(O)N(CCCCC1CCN(Cc3ccccc3)CC1)S2. The Balaban J connectivity index is 1.17. The van der Waals surface area contributed by atoms with Crippen LogP contribution in [0.3, 0.4) is 0 Å². The van der Waals surface area contributed by atoms with Gasteiger partial charge in [-0.3, -0.25) is 4.90 Å². The van der Waals surface area contributed by atoms with Gasteiger partial charge in [-0.2, -0.15) is 0 Å². The van der Waals surface area contributed by atoms with Crippen LogP contribution in [0.1, 0.15) is 49.5 Å². The number of hydrogen-bond acceptors (Lipinski definition) is 6. The van der Waals surface area contributed by atoms with Gasteiger partial charge in [-0.1, -0.05) is 43.2 Å². The van der Waals surface area contributed by atoms with Gasteiger partial charge < -0.3 is 14.6 Å². The first-order valence-corrected chi connectivity index (χ1v) is 12.1. The maximum atomic E-state index is 10.7. The number of rotatable bonds is 9. The molecule has 0 aromatic heterocycles. The highest BCUT2D eigenvalue weighted by Crippen LogP contribution is 2.47. The van der Waals surface area contributed by atoms with E-state index in [1.54, 1.807) is 26.2 Å². The second-order valence-electron chi connectivity index (χ2n) is 8.55. The number of unbranched alkanes of at least 4 members (excludes halogenated alkanes) is 1. The minimum atomic E-state index is -0.582. The molecule has 1 fully saturated rings. The smallest absolute Gasteiger partial charge is 0.161 e. The van der Waals surface area contributed by atoms with E-state index in [2.05, 4.69) is 39.5 Å². The van der Waals surface area contributed by atoms with E-state index in [0.717, 1.165) is 35.9 Å². The summed E-state index contributed by atoms with van der Waals surface area (Å²) in [6.07, 6.45) is 5.65. The number of fused-ring (bicyclic) bond motifs is 1. The Kier molecular flexibility index (Phi) is 7.77. The zero-order chi connectivity index (χ0) is 21.6. The number of nitrogens with zero attached hydrogens (tertiary/aromatic N) is 2. The molecule has 4 rings (SSSR count). The summed E-state index contributed by atoms with van der Waals surface area (Å²) in [5.74, 6) is 2.22. The highest BCUT2D eigenvalue weighted by atomic mass is 32.2. The molecule has 0 saturated carbocycles. The van der Waals surface area contributed by atoms with Crippen molar-refractivity contribution in [2.24, 2.45) is 5.92 Å². The predicted molar refractivity (Wildman–Crippen MR) is 125 cm³/mol. The Hall–Kier alpha value is -1.73. The lowest BCUT2D eigenvalue weighted by molar-refractivity contribution is 0.0734. The van der Waals surface area contributed by atoms with Gasteiger partial charge in [0.15, 0.2) is 11.5 Å². The van der Waals surface area contributed by atoms with E-state index >= 15 is 0 Å². The summed E-state index contributed by atoms with van der Waals surface area (Å²) in [5, 5.41) is 10.7. The van der Waals surface area contributed by atoms with Gasteiger partial charge in [-0.15, -0.1) is 0 Å². The molecule has 31 heavy (non-hydrogen) atoms. The van der Waals surface area contributed by atoms with Gasteiger partial charge in [0.05, 0.1) is 14.2 Å². The third kappa shape index (κ3) is 5.55. The average Bonchev–Trinajstić information content (AvgIpc) is 3.12. The molecule has 1 unspecified atom stereocenters. The largest absolute Gasteiger partial charge is 0.493 e. The summed E-state index contributed by atoms with van der Waals surface area (Å²) in [4.78, 5) is 3.64. The number of ether oxygens (including phenoxy) is 2. The van der Waals surface area contributed by atoms with Crippen LogP contribution in [0.5, 0.6) is 11.5 Å². The Bertz CT molecular complexity index is 840. The molecule has 1 N–H and O–H groups in total.